The standard InChI is InChI=1S/C13H20N2O4/c1-9-4-5-12(11(8-16)15-9)19-10(2)13(17)14-6-7-18-3/h4-5,10,16H,6-8H2,1-3H3,(H,14,17). The number of aromatic nitrogens is 1. The highest BCUT2D eigenvalue weighted by Crippen LogP contribution is 2.18. The third-order valence-electron chi connectivity index (χ3n) is 2.50. The SMILES string of the molecule is COCCNC(=O)C(C)Oc1ccc(C)nc1CO. The van der Waals surface area contributed by atoms with E-state index in [4.69, 9.17) is 9.47 Å². The van der Waals surface area contributed by atoms with Crippen molar-refractivity contribution in [3.63, 3.8) is 0 Å². The van der Waals surface area contributed by atoms with Crippen molar-refractivity contribution >= 4 is 5.91 Å². The zero-order chi connectivity index (χ0) is 14.3. The summed E-state index contributed by atoms with van der Waals surface area (Å²) in [6.45, 7) is 4.12. The number of aryl methyl sites for hydroxylation is 1. The molecule has 0 aromatic carbocycles. The van der Waals surface area contributed by atoms with Crippen molar-refractivity contribution in [3.05, 3.63) is 23.5 Å². The molecule has 2 N–H and O–H groups in total. The van der Waals surface area contributed by atoms with Gasteiger partial charge in [-0.3, -0.25) is 9.78 Å². The molecule has 1 amide bonds. The summed E-state index contributed by atoms with van der Waals surface area (Å²) in [6.07, 6.45) is -0.660. The van der Waals surface area contributed by atoms with Crippen molar-refractivity contribution in [1.29, 1.82) is 0 Å². The van der Waals surface area contributed by atoms with Gasteiger partial charge >= 0.3 is 0 Å². The highest BCUT2D eigenvalue weighted by atomic mass is 16.5. The molecule has 6 nitrogen and oxygen atoms in total. The number of nitrogens with one attached hydrogen (secondary N) is 1. The van der Waals surface area contributed by atoms with Gasteiger partial charge in [-0.05, 0) is 26.0 Å². The molecule has 0 fully saturated rings. The molecule has 1 unspecified atom stereocenters. The quantitative estimate of drug-likeness (QED) is 0.700. The van der Waals surface area contributed by atoms with Crippen LogP contribution in [0, 0.1) is 6.92 Å². The number of carbonyl (C=O) groups excluding carboxylic acids is 1. The first-order chi connectivity index (χ1) is 9.08. The smallest absolute Gasteiger partial charge is 0.260 e. The molecular weight excluding hydrogens is 248 g/mol. The van der Waals surface area contributed by atoms with Gasteiger partial charge in [0.05, 0.1) is 13.2 Å². The molecule has 0 radical (unpaired) electrons. The summed E-state index contributed by atoms with van der Waals surface area (Å²) >= 11 is 0. The fourth-order valence-corrected chi connectivity index (χ4v) is 1.48. The van der Waals surface area contributed by atoms with E-state index in [9.17, 15) is 9.90 Å². The fourth-order valence-electron chi connectivity index (χ4n) is 1.48. The molecule has 1 aromatic rings. The second-order valence-corrected chi connectivity index (χ2v) is 4.10. The van der Waals surface area contributed by atoms with Crippen LogP contribution in [0.15, 0.2) is 12.1 Å². The maximum absolute atomic E-state index is 11.7. The molecule has 0 saturated heterocycles. The third kappa shape index (κ3) is 4.84. The summed E-state index contributed by atoms with van der Waals surface area (Å²) in [5.41, 5.74) is 1.21. The van der Waals surface area contributed by atoms with E-state index in [1.807, 2.05) is 6.92 Å². The van der Waals surface area contributed by atoms with Crippen LogP contribution in [0.1, 0.15) is 18.3 Å². The second kappa shape index (κ2) is 7.70. The van der Waals surface area contributed by atoms with E-state index in [-0.39, 0.29) is 12.5 Å². The van der Waals surface area contributed by atoms with E-state index in [1.165, 1.54) is 0 Å². The number of carbonyl (C=O) groups is 1. The van der Waals surface area contributed by atoms with Crippen LogP contribution in [0.2, 0.25) is 0 Å². The summed E-state index contributed by atoms with van der Waals surface area (Å²) in [5.74, 6) is 0.184. The molecule has 6 heteroatoms. The molecule has 19 heavy (non-hydrogen) atoms. The molecule has 1 aromatic heterocycles. The van der Waals surface area contributed by atoms with Crippen molar-refractivity contribution < 1.29 is 19.4 Å². The molecular formula is C13H20N2O4. The Labute approximate surface area is 112 Å². The summed E-state index contributed by atoms with van der Waals surface area (Å²) in [7, 11) is 1.57. The average molecular weight is 268 g/mol. The lowest BCUT2D eigenvalue weighted by Gasteiger charge is -2.16. The topological polar surface area (TPSA) is 80.7 Å². The van der Waals surface area contributed by atoms with Crippen LogP contribution in [0.25, 0.3) is 0 Å². The van der Waals surface area contributed by atoms with E-state index in [2.05, 4.69) is 10.3 Å². The Balaban J connectivity index is 2.60. The van der Waals surface area contributed by atoms with Crippen LogP contribution in [0.4, 0.5) is 0 Å². The number of rotatable bonds is 7. The molecule has 1 rings (SSSR count). The van der Waals surface area contributed by atoms with Crippen LogP contribution in [-0.2, 0) is 16.1 Å². The van der Waals surface area contributed by atoms with E-state index in [0.29, 0.717) is 24.6 Å². The van der Waals surface area contributed by atoms with Gasteiger partial charge in [0.2, 0.25) is 0 Å². The lowest BCUT2D eigenvalue weighted by atomic mass is 10.3. The monoisotopic (exact) mass is 268 g/mol. The Bertz CT molecular complexity index is 423. The first-order valence-electron chi connectivity index (χ1n) is 6.09. The lowest BCUT2D eigenvalue weighted by Crippen LogP contribution is -2.38. The molecule has 0 spiro atoms. The Hall–Kier alpha value is -1.66. The number of pyridine rings is 1. The van der Waals surface area contributed by atoms with Gasteiger partial charge in [0.25, 0.3) is 5.91 Å². The van der Waals surface area contributed by atoms with Crippen LogP contribution in [-0.4, -0.2) is 42.4 Å². The van der Waals surface area contributed by atoms with Gasteiger partial charge in [-0.15, -0.1) is 0 Å². The summed E-state index contributed by atoms with van der Waals surface area (Å²) in [4.78, 5) is 15.9. The molecule has 0 aliphatic rings. The van der Waals surface area contributed by atoms with Crippen molar-refractivity contribution in [2.45, 2.75) is 26.6 Å². The maximum atomic E-state index is 11.7. The zero-order valence-electron chi connectivity index (χ0n) is 11.5. The summed E-state index contributed by atoms with van der Waals surface area (Å²) in [6, 6.07) is 3.47. The first-order valence-corrected chi connectivity index (χ1v) is 6.09. The van der Waals surface area contributed by atoms with Crippen LogP contribution >= 0.6 is 0 Å². The molecule has 106 valence electrons. The van der Waals surface area contributed by atoms with Gasteiger partial charge < -0.3 is 19.9 Å². The largest absolute Gasteiger partial charge is 0.479 e. The highest BCUT2D eigenvalue weighted by Gasteiger charge is 2.16. The van der Waals surface area contributed by atoms with Crippen molar-refractivity contribution in [2.24, 2.45) is 0 Å². The molecule has 1 atom stereocenters. The van der Waals surface area contributed by atoms with Crippen LogP contribution < -0.4 is 10.1 Å². The van der Waals surface area contributed by atoms with Gasteiger partial charge in [-0.2, -0.15) is 0 Å². The number of amides is 1. The number of aliphatic hydroxyl groups excluding tert-OH is 1. The predicted octanol–water partition coefficient (Wildman–Crippen LogP) is 0.412. The minimum atomic E-state index is -0.660. The van der Waals surface area contributed by atoms with Gasteiger partial charge in [0.1, 0.15) is 11.4 Å². The van der Waals surface area contributed by atoms with Crippen molar-refractivity contribution in [2.75, 3.05) is 20.3 Å². The molecule has 0 saturated carbocycles. The Kier molecular flexibility index (Phi) is 6.24. The number of nitrogens with zero attached hydrogens (tertiary/aromatic N) is 1. The highest BCUT2D eigenvalue weighted by molar-refractivity contribution is 5.80. The maximum Gasteiger partial charge on any atom is 0.260 e. The number of methoxy groups -OCH3 is 1. The summed E-state index contributed by atoms with van der Waals surface area (Å²) < 4.78 is 10.3. The fraction of sp³-hybridized carbons (Fsp3) is 0.538. The molecule has 0 aliphatic carbocycles. The number of hydrogen-bond acceptors (Lipinski definition) is 5. The molecule has 0 bridgehead atoms. The van der Waals surface area contributed by atoms with E-state index in [1.54, 1.807) is 26.2 Å². The van der Waals surface area contributed by atoms with E-state index >= 15 is 0 Å². The van der Waals surface area contributed by atoms with Crippen LogP contribution in [0.3, 0.4) is 0 Å². The number of ether oxygens (including phenoxy) is 2. The molecule has 0 aliphatic heterocycles. The van der Waals surface area contributed by atoms with Crippen molar-refractivity contribution in [1.82, 2.24) is 10.3 Å². The Morgan fingerprint density at radius 3 is 2.89 bits per heavy atom. The Morgan fingerprint density at radius 1 is 1.53 bits per heavy atom. The first kappa shape index (κ1) is 15.4. The number of hydrogen-bond donors (Lipinski definition) is 2. The minimum absolute atomic E-state index is 0.227. The van der Waals surface area contributed by atoms with Gasteiger partial charge in [0.15, 0.2) is 6.10 Å². The van der Waals surface area contributed by atoms with Crippen molar-refractivity contribution in [3.8, 4) is 5.75 Å². The number of aliphatic hydroxyl groups is 1. The predicted molar refractivity (Wildman–Crippen MR) is 69.9 cm³/mol. The summed E-state index contributed by atoms with van der Waals surface area (Å²) in [5, 5.41) is 11.9. The zero-order valence-corrected chi connectivity index (χ0v) is 11.5. The average Bonchev–Trinajstić information content (AvgIpc) is 2.40. The Morgan fingerprint density at radius 2 is 2.26 bits per heavy atom. The van der Waals surface area contributed by atoms with E-state index in [0.717, 1.165) is 5.69 Å². The lowest BCUT2D eigenvalue weighted by molar-refractivity contribution is -0.127. The molecule has 1 heterocycles. The van der Waals surface area contributed by atoms with Gasteiger partial charge in [0, 0.05) is 19.3 Å². The van der Waals surface area contributed by atoms with Gasteiger partial charge in [-0.1, -0.05) is 0 Å². The minimum Gasteiger partial charge on any atom is -0.479 e. The van der Waals surface area contributed by atoms with Gasteiger partial charge in [-0.25, -0.2) is 0 Å². The van der Waals surface area contributed by atoms with Crippen LogP contribution in [0.5, 0.6) is 5.75 Å². The van der Waals surface area contributed by atoms with E-state index < -0.39 is 6.10 Å². The second-order valence-electron chi connectivity index (χ2n) is 4.10. The third-order valence-corrected chi connectivity index (χ3v) is 2.50. The normalized spacial score (nSPS) is 12.0.